The average molecular weight is 350 g/mol. The van der Waals surface area contributed by atoms with Crippen molar-refractivity contribution in [1.29, 1.82) is 0 Å². The minimum absolute atomic E-state index is 0.0254. The summed E-state index contributed by atoms with van der Waals surface area (Å²) in [6.45, 7) is 0.0683. The van der Waals surface area contributed by atoms with Crippen LogP contribution in [0.1, 0.15) is 6.42 Å². The van der Waals surface area contributed by atoms with E-state index in [1.807, 2.05) is 0 Å². The van der Waals surface area contributed by atoms with Crippen LogP contribution in [0.2, 0.25) is 0 Å². The van der Waals surface area contributed by atoms with Crippen LogP contribution in [0.15, 0.2) is 29.8 Å². The van der Waals surface area contributed by atoms with Gasteiger partial charge in [0.15, 0.2) is 5.13 Å². The number of nitro benzene ring substituents is 1. The van der Waals surface area contributed by atoms with E-state index >= 15 is 0 Å². The lowest BCUT2D eigenvalue weighted by molar-refractivity contribution is -0.387. The van der Waals surface area contributed by atoms with Gasteiger partial charge in [0.05, 0.1) is 16.5 Å². The van der Waals surface area contributed by atoms with E-state index in [9.17, 15) is 24.1 Å². The molecule has 0 spiro atoms. The van der Waals surface area contributed by atoms with Gasteiger partial charge in [0.1, 0.15) is 0 Å². The highest BCUT2D eigenvalue weighted by Crippen LogP contribution is 2.30. The lowest BCUT2D eigenvalue weighted by Gasteiger charge is -2.16. The molecule has 1 aromatic carbocycles. The highest BCUT2D eigenvalue weighted by molar-refractivity contribution is 7.13. The predicted molar refractivity (Wildman–Crippen MR) is 84.3 cm³/mol. The number of amides is 2. The number of hydrogen-bond donors (Lipinski definition) is 1. The van der Waals surface area contributed by atoms with Gasteiger partial charge < -0.3 is 10.2 Å². The quantitative estimate of drug-likeness (QED) is 0.672. The molecule has 124 valence electrons. The molecule has 1 aliphatic heterocycles. The Balaban J connectivity index is 1.76. The Bertz CT molecular complexity index is 811. The third kappa shape index (κ3) is 3.08. The number of aromatic nitrogens is 1. The van der Waals surface area contributed by atoms with Crippen molar-refractivity contribution in [2.24, 2.45) is 5.92 Å². The lowest BCUT2D eigenvalue weighted by Crippen LogP contribution is -2.28. The molecule has 1 fully saturated rings. The summed E-state index contributed by atoms with van der Waals surface area (Å²) in [6.07, 6.45) is 1.52. The molecular weight excluding hydrogens is 339 g/mol. The Morgan fingerprint density at radius 1 is 1.50 bits per heavy atom. The highest BCUT2D eigenvalue weighted by atomic mass is 32.1. The second kappa shape index (κ2) is 6.32. The van der Waals surface area contributed by atoms with Crippen molar-refractivity contribution in [3.8, 4) is 0 Å². The molecule has 24 heavy (non-hydrogen) atoms. The Morgan fingerprint density at radius 2 is 2.29 bits per heavy atom. The van der Waals surface area contributed by atoms with E-state index in [4.69, 9.17) is 0 Å². The van der Waals surface area contributed by atoms with Crippen LogP contribution in [-0.4, -0.2) is 28.3 Å². The zero-order valence-electron chi connectivity index (χ0n) is 12.1. The summed E-state index contributed by atoms with van der Waals surface area (Å²) >= 11 is 1.26. The van der Waals surface area contributed by atoms with Gasteiger partial charge >= 0.3 is 5.69 Å². The molecule has 2 heterocycles. The van der Waals surface area contributed by atoms with Crippen LogP contribution in [0.4, 0.5) is 20.9 Å². The fraction of sp³-hybridized carbons (Fsp3) is 0.214. The summed E-state index contributed by atoms with van der Waals surface area (Å²) in [7, 11) is 0. The fourth-order valence-corrected chi connectivity index (χ4v) is 2.97. The predicted octanol–water partition coefficient (Wildman–Crippen LogP) is 2.18. The molecular formula is C14H11FN4O4S. The summed E-state index contributed by atoms with van der Waals surface area (Å²) in [5.41, 5.74) is -0.520. The monoisotopic (exact) mass is 350 g/mol. The van der Waals surface area contributed by atoms with Gasteiger partial charge in [-0.15, -0.1) is 11.3 Å². The van der Waals surface area contributed by atoms with Gasteiger partial charge in [-0.1, -0.05) is 0 Å². The molecule has 0 aliphatic carbocycles. The number of benzene rings is 1. The maximum Gasteiger partial charge on any atom is 0.306 e. The maximum atomic E-state index is 13.4. The van der Waals surface area contributed by atoms with Crippen LogP contribution in [0, 0.1) is 21.8 Å². The van der Waals surface area contributed by atoms with E-state index in [-0.39, 0.29) is 30.5 Å². The summed E-state index contributed by atoms with van der Waals surface area (Å²) < 4.78 is 13.4. The van der Waals surface area contributed by atoms with Gasteiger partial charge in [-0.3, -0.25) is 19.7 Å². The van der Waals surface area contributed by atoms with Crippen LogP contribution in [-0.2, 0) is 9.59 Å². The van der Waals surface area contributed by atoms with Crippen LogP contribution in [0.5, 0.6) is 0 Å². The van der Waals surface area contributed by atoms with Crippen molar-refractivity contribution in [3.05, 3.63) is 45.7 Å². The zero-order chi connectivity index (χ0) is 17.3. The first-order valence-corrected chi connectivity index (χ1v) is 7.78. The standard InChI is InChI=1S/C14H11FN4O4S/c15-10-2-1-9(6-11(10)19(22)23)18-7-8(5-12(18)20)13(21)17-14-16-3-4-24-14/h1-4,6,8H,5,7H2,(H,16,17,21). The number of halogens is 1. The average Bonchev–Trinajstić information content (AvgIpc) is 3.17. The Kier molecular flexibility index (Phi) is 4.21. The molecule has 0 bridgehead atoms. The van der Waals surface area contributed by atoms with Crippen LogP contribution >= 0.6 is 11.3 Å². The Labute approximate surface area is 139 Å². The van der Waals surface area contributed by atoms with Crippen molar-refractivity contribution in [2.75, 3.05) is 16.8 Å². The largest absolute Gasteiger partial charge is 0.311 e. The van der Waals surface area contributed by atoms with Gasteiger partial charge in [-0.05, 0) is 12.1 Å². The molecule has 0 saturated carbocycles. The van der Waals surface area contributed by atoms with Crippen molar-refractivity contribution in [2.45, 2.75) is 6.42 Å². The number of nitrogens with zero attached hydrogens (tertiary/aromatic N) is 3. The van der Waals surface area contributed by atoms with Gasteiger partial charge in [-0.25, -0.2) is 4.98 Å². The Hall–Kier alpha value is -2.88. The third-order valence-electron chi connectivity index (χ3n) is 3.60. The highest BCUT2D eigenvalue weighted by Gasteiger charge is 2.36. The number of nitro groups is 1. The first kappa shape index (κ1) is 16.0. The van der Waals surface area contributed by atoms with Crippen molar-refractivity contribution >= 4 is 39.7 Å². The molecule has 1 atom stereocenters. The number of thiazole rings is 1. The topological polar surface area (TPSA) is 105 Å². The number of rotatable bonds is 4. The molecule has 2 aromatic rings. The summed E-state index contributed by atoms with van der Waals surface area (Å²) in [6, 6.07) is 3.21. The molecule has 0 radical (unpaired) electrons. The minimum Gasteiger partial charge on any atom is -0.311 e. The van der Waals surface area contributed by atoms with Crippen molar-refractivity contribution < 1.29 is 18.9 Å². The van der Waals surface area contributed by atoms with Crippen LogP contribution in [0.25, 0.3) is 0 Å². The van der Waals surface area contributed by atoms with Gasteiger partial charge in [0.2, 0.25) is 17.6 Å². The van der Waals surface area contributed by atoms with Gasteiger partial charge in [0, 0.05) is 30.6 Å². The van der Waals surface area contributed by atoms with Crippen molar-refractivity contribution in [1.82, 2.24) is 4.98 Å². The molecule has 1 aromatic heterocycles. The van der Waals surface area contributed by atoms with E-state index < -0.39 is 22.3 Å². The number of carbonyl (C=O) groups excluding carboxylic acids is 2. The molecule has 3 rings (SSSR count). The normalized spacial score (nSPS) is 17.1. The number of anilines is 2. The molecule has 1 unspecified atom stereocenters. The number of nitrogens with one attached hydrogen (secondary N) is 1. The first-order chi connectivity index (χ1) is 11.5. The number of hydrogen-bond acceptors (Lipinski definition) is 6. The summed E-state index contributed by atoms with van der Waals surface area (Å²) in [4.78, 5) is 39.4. The van der Waals surface area contributed by atoms with Crippen LogP contribution in [0.3, 0.4) is 0 Å². The van der Waals surface area contributed by atoms with E-state index in [1.54, 1.807) is 11.6 Å². The van der Waals surface area contributed by atoms with Gasteiger partial charge in [-0.2, -0.15) is 4.39 Å². The smallest absolute Gasteiger partial charge is 0.306 e. The second-order valence-electron chi connectivity index (χ2n) is 5.12. The van der Waals surface area contributed by atoms with Crippen LogP contribution < -0.4 is 10.2 Å². The molecule has 10 heteroatoms. The molecule has 1 aliphatic rings. The second-order valence-corrected chi connectivity index (χ2v) is 6.02. The molecule has 2 amide bonds. The van der Waals surface area contributed by atoms with E-state index in [0.29, 0.717) is 5.13 Å². The van der Waals surface area contributed by atoms with E-state index in [1.165, 1.54) is 22.3 Å². The molecule has 1 N–H and O–H groups in total. The maximum absolute atomic E-state index is 13.4. The van der Waals surface area contributed by atoms with Crippen molar-refractivity contribution in [3.63, 3.8) is 0 Å². The number of carbonyl (C=O) groups is 2. The summed E-state index contributed by atoms with van der Waals surface area (Å²) in [5.74, 6) is -2.29. The van der Waals surface area contributed by atoms with Gasteiger partial charge in [0.25, 0.3) is 0 Å². The zero-order valence-corrected chi connectivity index (χ0v) is 13.0. The molecule has 8 nitrogen and oxygen atoms in total. The minimum atomic E-state index is -0.978. The summed E-state index contributed by atoms with van der Waals surface area (Å²) in [5, 5.41) is 15.6. The SMILES string of the molecule is O=C(Nc1nccs1)C1CC(=O)N(c2ccc(F)c([N+](=O)[O-])c2)C1. The molecule has 1 saturated heterocycles. The van der Waals surface area contributed by atoms with E-state index in [2.05, 4.69) is 10.3 Å². The third-order valence-corrected chi connectivity index (χ3v) is 4.28. The lowest BCUT2D eigenvalue weighted by atomic mass is 10.1. The fourth-order valence-electron chi connectivity index (χ4n) is 2.43. The first-order valence-electron chi connectivity index (χ1n) is 6.90. The van der Waals surface area contributed by atoms with E-state index in [0.717, 1.165) is 12.1 Å². The Morgan fingerprint density at radius 3 is 2.96 bits per heavy atom.